The van der Waals surface area contributed by atoms with Gasteiger partial charge in [0.2, 0.25) is 5.16 Å². The topological polar surface area (TPSA) is 68.0 Å². The molecule has 0 amide bonds. The van der Waals surface area contributed by atoms with E-state index in [0.29, 0.717) is 0 Å². The summed E-state index contributed by atoms with van der Waals surface area (Å²) in [6, 6.07) is 0. The van der Waals surface area contributed by atoms with Gasteiger partial charge in [0.15, 0.2) is 0 Å². The van der Waals surface area contributed by atoms with Crippen LogP contribution in [-0.4, -0.2) is 38.3 Å². The van der Waals surface area contributed by atoms with Crippen LogP contribution in [0, 0.1) is 6.54 Å². The van der Waals surface area contributed by atoms with Crippen molar-refractivity contribution in [3.63, 3.8) is 0 Å². The molecule has 1 aliphatic heterocycles. The number of hydrogen-bond acceptors (Lipinski definition) is 6. The second-order valence-corrected chi connectivity index (χ2v) is 3.46. The van der Waals surface area contributed by atoms with Crippen LogP contribution in [-0.2, 0) is 7.05 Å². The molecule has 69 valence electrons. The number of thioether (sulfide) groups is 1. The van der Waals surface area contributed by atoms with Crippen molar-refractivity contribution >= 4 is 17.6 Å². The van der Waals surface area contributed by atoms with Crippen LogP contribution in [0.1, 0.15) is 0 Å². The number of rotatable bonds is 3. The number of nitrogens with one attached hydrogen (secondary N) is 1. The van der Waals surface area contributed by atoms with Crippen LogP contribution < -0.4 is 5.32 Å². The van der Waals surface area contributed by atoms with Gasteiger partial charge in [-0.3, -0.25) is 4.99 Å². The average molecular weight is 197 g/mol. The Bertz CT molecular complexity index is 319. The highest BCUT2D eigenvalue weighted by molar-refractivity contribution is 7.99. The minimum Gasteiger partial charge on any atom is -0.371 e. The van der Waals surface area contributed by atoms with Crippen LogP contribution in [0.5, 0.6) is 0 Å². The number of aliphatic imine (C=N–C) groups is 1. The molecule has 13 heavy (non-hydrogen) atoms. The molecule has 1 N–H and O–H groups in total. The van der Waals surface area contributed by atoms with Crippen LogP contribution in [0.4, 0.5) is 0 Å². The van der Waals surface area contributed by atoms with Crippen molar-refractivity contribution in [3.8, 4) is 0 Å². The molecular formula is C6H9N6S. The Morgan fingerprint density at radius 3 is 3.23 bits per heavy atom. The Morgan fingerprint density at radius 2 is 2.62 bits per heavy atom. The molecule has 1 radical (unpaired) electrons. The first-order chi connectivity index (χ1) is 6.36. The van der Waals surface area contributed by atoms with Gasteiger partial charge in [-0.15, -0.1) is 5.10 Å². The van der Waals surface area contributed by atoms with Crippen molar-refractivity contribution in [2.24, 2.45) is 12.0 Å². The van der Waals surface area contributed by atoms with Gasteiger partial charge in [0.05, 0.1) is 12.3 Å². The van der Waals surface area contributed by atoms with E-state index in [2.05, 4.69) is 25.8 Å². The lowest BCUT2D eigenvalue weighted by Gasteiger charge is -1.99. The molecule has 0 aliphatic carbocycles. The smallest absolute Gasteiger partial charge is 0.209 e. The Hall–Kier alpha value is -1.11. The highest BCUT2D eigenvalue weighted by Gasteiger charge is 2.08. The van der Waals surface area contributed by atoms with E-state index in [1.54, 1.807) is 16.4 Å². The third-order valence-electron chi connectivity index (χ3n) is 1.56. The lowest BCUT2D eigenvalue weighted by molar-refractivity contribution is 0.665. The van der Waals surface area contributed by atoms with E-state index in [9.17, 15) is 0 Å². The summed E-state index contributed by atoms with van der Waals surface area (Å²) in [5, 5.41) is 15.1. The van der Waals surface area contributed by atoms with Crippen molar-refractivity contribution in [2.45, 2.75) is 5.16 Å². The van der Waals surface area contributed by atoms with E-state index >= 15 is 0 Å². The van der Waals surface area contributed by atoms with E-state index in [1.807, 2.05) is 13.6 Å². The molecule has 1 aromatic heterocycles. The molecule has 0 aromatic carbocycles. The molecule has 2 rings (SSSR count). The number of hydrogen-bond donors (Lipinski definition) is 1. The van der Waals surface area contributed by atoms with Crippen molar-refractivity contribution < 1.29 is 0 Å². The van der Waals surface area contributed by atoms with Gasteiger partial charge >= 0.3 is 0 Å². The summed E-state index contributed by atoms with van der Waals surface area (Å²) in [7, 11) is 1.82. The van der Waals surface area contributed by atoms with Crippen LogP contribution in [0.25, 0.3) is 0 Å². The zero-order valence-electron chi connectivity index (χ0n) is 7.14. The van der Waals surface area contributed by atoms with E-state index in [-0.39, 0.29) is 0 Å². The van der Waals surface area contributed by atoms with Gasteiger partial charge in [-0.05, 0) is 10.4 Å². The van der Waals surface area contributed by atoms with E-state index in [4.69, 9.17) is 0 Å². The second-order valence-electron chi connectivity index (χ2n) is 2.51. The number of aryl methyl sites for hydroxylation is 1. The third-order valence-corrected chi connectivity index (χ3v) is 2.59. The zero-order chi connectivity index (χ0) is 9.10. The molecule has 0 fully saturated rings. The molecule has 0 saturated heterocycles. The summed E-state index contributed by atoms with van der Waals surface area (Å²) in [4.78, 5) is 4.15. The fraction of sp³-hybridized carbons (Fsp3) is 0.500. The zero-order valence-corrected chi connectivity index (χ0v) is 7.95. The first kappa shape index (κ1) is 8.49. The monoisotopic (exact) mass is 197 g/mol. The predicted molar refractivity (Wildman–Crippen MR) is 49.3 cm³/mol. The minimum atomic E-state index is 0.782. The number of amidine groups is 1. The summed E-state index contributed by atoms with van der Waals surface area (Å²) < 4.78 is 1.64. The SMILES string of the molecule is Cn1nnnc1SCC1=N[CH]CN1. The van der Waals surface area contributed by atoms with Crippen molar-refractivity contribution in [1.29, 1.82) is 0 Å². The first-order valence-electron chi connectivity index (χ1n) is 3.83. The summed E-state index contributed by atoms with van der Waals surface area (Å²) in [5.74, 6) is 1.76. The average Bonchev–Trinajstić information content (AvgIpc) is 2.72. The maximum Gasteiger partial charge on any atom is 0.209 e. The molecule has 1 aliphatic rings. The maximum absolute atomic E-state index is 4.15. The highest BCUT2D eigenvalue weighted by Crippen LogP contribution is 2.12. The fourth-order valence-electron chi connectivity index (χ4n) is 0.930. The number of nitrogens with zero attached hydrogens (tertiary/aromatic N) is 5. The normalized spacial score (nSPS) is 15.6. The fourth-order valence-corrected chi connectivity index (χ4v) is 1.69. The summed E-state index contributed by atoms with van der Waals surface area (Å²) >= 11 is 1.56. The summed E-state index contributed by atoms with van der Waals surface area (Å²) in [6.45, 7) is 2.68. The number of tetrazole rings is 1. The molecule has 7 heteroatoms. The molecule has 0 atom stereocenters. The Kier molecular flexibility index (Phi) is 2.44. The molecule has 0 spiro atoms. The summed E-state index contributed by atoms with van der Waals surface area (Å²) in [5.41, 5.74) is 0. The lowest BCUT2D eigenvalue weighted by Crippen LogP contribution is -2.20. The molecule has 2 heterocycles. The molecule has 6 nitrogen and oxygen atoms in total. The highest BCUT2D eigenvalue weighted by atomic mass is 32.2. The van der Waals surface area contributed by atoms with Gasteiger partial charge in [0, 0.05) is 13.6 Å². The quantitative estimate of drug-likeness (QED) is 0.659. The molecule has 0 unspecified atom stereocenters. The Morgan fingerprint density at radius 1 is 1.69 bits per heavy atom. The van der Waals surface area contributed by atoms with Gasteiger partial charge < -0.3 is 5.32 Å². The van der Waals surface area contributed by atoms with Gasteiger partial charge in [-0.25, -0.2) is 4.68 Å². The van der Waals surface area contributed by atoms with Crippen LogP contribution >= 0.6 is 11.8 Å². The van der Waals surface area contributed by atoms with Crippen LogP contribution in [0.15, 0.2) is 10.1 Å². The van der Waals surface area contributed by atoms with E-state index < -0.39 is 0 Å². The lowest BCUT2D eigenvalue weighted by atomic mass is 10.7. The van der Waals surface area contributed by atoms with Crippen LogP contribution in [0.3, 0.4) is 0 Å². The van der Waals surface area contributed by atoms with Crippen molar-refractivity contribution in [3.05, 3.63) is 6.54 Å². The standard InChI is InChI=1S/C6H9N6S/c1-12-6(9-10-11-12)13-4-5-7-2-3-8-5/h2H,3-4H2,1H3,(H,7,8). The summed E-state index contributed by atoms with van der Waals surface area (Å²) in [6.07, 6.45) is 0. The molecule has 0 bridgehead atoms. The van der Waals surface area contributed by atoms with Crippen molar-refractivity contribution in [2.75, 3.05) is 12.3 Å². The maximum atomic E-state index is 4.15. The van der Waals surface area contributed by atoms with Gasteiger partial charge in [0.25, 0.3) is 0 Å². The Balaban J connectivity index is 1.89. The van der Waals surface area contributed by atoms with Crippen LogP contribution in [0.2, 0.25) is 0 Å². The minimum absolute atomic E-state index is 0.782. The van der Waals surface area contributed by atoms with Gasteiger partial charge in [-0.1, -0.05) is 11.8 Å². The predicted octanol–water partition coefficient (Wildman–Crippen LogP) is -0.534. The van der Waals surface area contributed by atoms with Gasteiger partial charge in [0.1, 0.15) is 5.84 Å². The van der Waals surface area contributed by atoms with E-state index in [0.717, 1.165) is 23.3 Å². The Labute approximate surface area is 79.8 Å². The van der Waals surface area contributed by atoms with E-state index in [1.165, 1.54) is 0 Å². The molecule has 1 aromatic rings. The van der Waals surface area contributed by atoms with Crippen molar-refractivity contribution in [1.82, 2.24) is 25.5 Å². The molecule has 0 saturated carbocycles. The third kappa shape index (κ3) is 1.97. The molecular weight excluding hydrogens is 188 g/mol. The second kappa shape index (κ2) is 3.73. The number of aromatic nitrogens is 4. The first-order valence-corrected chi connectivity index (χ1v) is 4.82. The van der Waals surface area contributed by atoms with Gasteiger partial charge in [-0.2, -0.15) is 0 Å². The largest absolute Gasteiger partial charge is 0.371 e.